The molecule has 0 spiro atoms. The first-order valence-electron chi connectivity index (χ1n) is 7.92. The number of hydrogen-bond acceptors (Lipinski definition) is 5. The van der Waals surface area contributed by atoms with Crippen molar-refractivity contribution in [2.45, 2.75) is 25.6 Å². The van der Waals surface area contributed by atoms with Gasteiger partial charge >= 0.3 is 12.1 Å². The van der Waals surface area contributed by atoms with Crippen LogP contribution in [0, 0.1) is 0 Å². The molecule has 1 aromatic carbocycles. The van der Waals surface area contributed by atoms with Crippen molar-refractivity contribution < 1.29 is 31.5 Å². The van der Waals surface area contributed by atoms with Gasteiger partial charge in [-0.05, 0) is 25.1 Å². The van der Waals surface area contributed by atoms with Crippen molar-refractivity contribution >= 4 is 22.6 Å². The Morgan fingerprint density at radius 3 is 2.48 bits per heavy atom. The van der Waals surface area contributed by atoms with Crippen molar-refractivity contribution in [3.63, 3.8) is 0 Å². The van der Waals surface area contributed by atoms with Crippen molar-refractivity contribution in [2.24, 2.45) is 0 Å². The number of nitrogens with zero attached hydrogens (tertiary/aromatic N) is 3. The van der Waals surface area contributed by atoms with Gasteiger partial charge in [0.25, 0.3) is 11.5 Å². The van der Waals surface area contributed by atoms with Gasteiger partial charge in [0.05, 0.1) is 30.6 Å². The van der Waals surface area contributed by atoms with E-state index in [1.807, 2.05) is 0 Å². The molecule has 3 rings (SSSR count). The number of ether oxygens (including phenoxy) is 1. The fourth-order valence-electron chi connectivity index (χ4n) is 2.78. The summed E-state index contributed by atoms with van der Waals surface area (Å²) in [6, 6.07) is 2.36. The van der Waals surface area contributed by atoms with Crippen molar-refractivity contribution in [3.8, 4) is 0 Å². The maximum absolute atomic E-state index is 13.2. The molecule has 0 saturated carbocycles. The molecule has 146 valence electrons. The maximum atomic E-state index is 13.2. The Labute approximate surface area is 149 Å². The lowest BCUT2D eigenvalue weighted by molar-refractivity contribution is -0.144. The molecule has 0 bridgehead atoms. The Hall–Kier alpha value is -2.72. The lowest BCUT2D eigenvalue weighted by atomic mass is 10.1. The minimum absolute atomic E-state index is 0.0569. The summed E-state index contributed by atoms with van der Waals surface area (Å²) in [7, 11) is 0. The van der Waals surface area contributed by atoms with Crippen molar-refractivity contribution in [1.29, 1.82) is 0 Å². The number of rotatable bonds is 4. The first-order chi connectivity index (χ1) is 12.5. The number of halogens is 5. The molecular formula is C16H14F5N3O3. The third kappa shape index (κ3) is 3.71. The summed E-state index contributed by atoms with van der Waals surface area (Å²) in [6.07, 6.45) is -4.68. The highest BCUT2D eigenvalue weighted by molar-refractivity contribution is 5.92. The third-order valence-electron chi connectivity index (χ3n) is 4.00. The smallest absolute Gasteiger partial charge is 0.416 e. The van der Waals surface area contributed by atoms with E-state index in [0.717, 1.165) is 11.0 Å². The second-order valence-corrected chi connectivity index (χ2v) is 6.06. The molecule has 1 aliphatic rings. The number of fused-ring (bicyclic) bond motifs is 1. The summed E-state index contributed by atoms with van der Waals surface area (Å²) in [5.74, 6) is -4.00. The molecule has 0 aliphatic carbocycles. The van der Waals surface area contributed by atoms with E-state index in [1.54, 1.807) is 6.92 Å². The minimum atomic E-state index is -4.68. The second-order valence-electron chi connectivity index (χ2n) is 6.06. The summed E-state index contributed by atoms with van der Waals surface area (Å²) in [5, 5.41) is 3.50. The molecule has 2 aromatic rings. The topological polar surface area (TPSA) is 64.4 Å². The number of carbonyl (C=O) groups excluding carboxylic acids is 1. The van der Waals surface area contributed by atoms with Crippen LogP contribution in [0.25, 0.3) is 10.8 Å². The van der Waals surface area contributed by atoms with Gasteiger partial charge in [-0.2, -0.15) is 18.3 Å². The Balaban J connectivity index is 2.15. The van der Waals surface area contributed by atoms with Gasteiger partial charge in [-0.3, -0.25) is 9.59 Å². The Morgan fingerprint density at radius 2 is 1.93 bits per heavy atom. The molecule has 11 heteroatoms. The third-order valence-corrected chi connectivity index (χ3v) is 4.00. The molecule has 1 aliphatic heterocycles. The fraction of sp³-hybridized carbons (Fsp3) is 0.438. The van der Waals surface area contributed by atoms with E-state index in [1.165, 1.54) is 0 Å². The number of aromatic nitrogens is 2. The maximum Gasteiger partial charge on any atom is 0.416 e. The lowest BCUT2D eigenvalue weighted by Gasteiger charge is -2.40. The van der Waals surface area contributed by atoms with Crippen LogP contribution >= 0.6 is 0 Å². The highest BCUT2D eigenvalue weighted by Crippen LogP contribution is 2.36. The minimum Gasteiger partial charge on any atom is -0.465 e. The molecule has 6 nitrogen and oxygen atoms in total. The number of hydrogen-bond donors (Lipinski definition) is 0. The van der Waals surface area contributed by atoms with Crippen molar-refractivity contribution in [2.75, 3.05) is 24.6 Å². The predicted molar refractivity (Wildman–Crippen MR) is 84.8 cm³/mol. The zero-order valence-electron chi connectivity index (χ0n) is 14.0. The van der Waals surface area contributed by atoms with Gasteiger partial charge in [0.1, 0.15) is 6.54 Å². The zero-order chi connectivity index (χ0) is 20.0. The number of anilines is 1. The molecule has 0 amide bonds. The van der Waals surface area contributed by atoms with Crippen LogP contribution in [0.4, 0.5) is 27.8 Å². The van der Waals surface area contributed by atoms with Crippen LogP contribution in [0.2, 0.25) is 0 Å². The van der Waals surface area contributed by atoms with Crippen molar-refractivity contribution in [1.82, 2.24) is 9.78 Å². The van der Waals surface area contributed by atoms with Crippen LogP contribution in [0.3, 0.4) is 0 Å². The van der Waals surface area contributed by atoms with Gasteiger partial charge in [-0.1, -0.05) is 0 Å². The molecule has 0 unspecified atom stereocenters. The zero-order valence-corrected chi connectivity index (χ0v) is 14.0. The van der Waals surface area contributed by atoms with E-state index in [2.05, 4.69) is 5.10 Å². The standard InChI is InChI=1S/C16H14F5N3O3/c1-2-27-12(25)6-24-14(26)10-4-3-9(16(19,20)21)5-11(10)13(22-24)23-7-15(17,18)8-23/h3-5H,2,6-8H2,1H3. The average molecular weight is 391 g/mol. The second kappa shape index (κ2) is 6.46. The van der Waals surface area contributed by atoms with Crippen LogP contribution in [0.15, 0.2) is 23.0 Å². The van der Waals surface area contributed by atoms with Gasteiger partial charge in [0.2, 0.25) is 0 Å². The number of benzene rings is 1. The van der Waals surface area contributed by atoms with Crippen LogP contribution < -0.4 is 10.5 Å². The number of carbonyl (C=O) groups is 1. The Morgan fingerprint density at radius 1 is 1.26 bits per heavy atom. The summed E-state index contributed by atoms with van der Waals surface area (Å²) < 4.78 is 70.9. The molecule has 0 N–H and O–H groups in total. The fourth-order valence-corrected chi connectivity index (χ4v) is 2.78. The SMILES string of the molecule is CCOC(=O)Cn1nc(N2CC(F)(F)C2)c2cc(C(F)(F)F)ccc2c1=O. The van der Waals surface area contributed by atoms with E-state index >= 15 is 0 Å². The Kier molecular flexibility index (Phi) is 4.56. The molecular weight excluding hydrogens is 377 g/mol. The van der Waals surface area contributed by atoms with Crippen LogP contribution in [-0.4, -0.2) is 41.4 Å². The summed E-state index contributed by atoms with van der Waals surface area (Å²) in [5.41, 5.74) is -1.85. The van der Waals surface area contributed by atoms with E-state index in [0.29, 0.717) is 16.8 Å². The first kappa shape index (κ1) is 19.1. The normalized spacial score (nSPS) is 16.3. The first-order valence-corrected chi connectivity index (χ1v) is 7.92. The lowest BCUT2D eigenvalue weighted by Crippen LogP contribution is -2.57. The summed E-state index contributed by atoms with van der Waals surface area (Å²) in [6.45, 7) is -0.463. The van der Waals surface area contributed by atoms with E-state index in [-0.39, 0.29) is 23.2 Å². The number of alkyl halides is 5. The summed E-state index contributed by atoms with van der Waals surface area (Å²) in [4.78, 5) is 25.2. The van der Waals surface area contributed by atoms with Crippen LogP contribution in [-0.2, 0) is 22.3 Å². The van der Waals surface area contributed by atoms with E-state index in [9.17, 15) is 31.5 Å². The van der Waals surface area contributed by atoms with Gasteiger partial charge in [0.15, 0.2) is 5.82 Å². The molecule has 27 heavy (non-hydrogen) atoms. The highest BCUT2D eigenvalue weighted by Gasteiger charge is 2.45. The number of esters is 1. The van der Waals surface area contributed by atoms with Crippen LogP contribution in [0.1, 0.15) is 12.5 Å². The van der Waals surface area contributed by atoms with Crippen molar-refractivity contribution in [3.05, 3.63) is 34.1 Å². The average Bonchev–Trinajstić information content (AvgIpc) is 2.54. The molecule has 1 fully saturated rings. The molecule has 2 heterocycles. The summed E-state index contributed by atoms with van der Waals surface area (Å²) >= 11 is 0. The quantitative estimate of drug-likeness (QED) is 0.592. The molecule has 1 saturated heterocycles. The predicted octanol–water partition coefficient (Wildman–Crippen LogP) is 2.43. The molecule has 1 aromatic heterocycles. The monoisotopic (exact) mass is 391 g/mol. The highest BCUT2D eigenvalue weighted by atomic mass is 19.4. The van der Waals surface area contributed by atoms with Gasteiger partial charge < -0.3 is 9.64 Å². The largest absolute Gasteiger partial charge is 0.465 e. The Bertz CT molecular complexity index is 947. The van der Waals surface area contributed by atoms with Gasteiger partial charge in [-0.15, -0.1) is 0 Å². The van der Waals surface area contributed by atoms with Crippen LogP contribution in [0.5, 0.6) is 0 Å². The van der Waals surface area contributed by atoms with Gasteiger partial charge in [-0.25, -0.2) is 13.5 Å². The van der Waals surface area contributed by atoms with E-state index in [4.69, 9.17) is 4.74 Å². The molecule has 0 atom stereocenters. The molecule has 0 radical (unpaired) electrons. The van der Waals surface area contributed by atoms with Gasteiger partial charge in [0, 0.05) is 5.39 Å². The van der Waals surface area contributed by atoms with E-state index < -0.39 is 48.8 Å².